The predicted molar refractivity (Wildman–Crippen MR) is 115 cm³/mol. The number of methoxy groups -OCH3 is 1. The molecule has 1 unspecified atom stereocenters. The van der Waals surface area contributed by atoms with E-state index in [0.29, 0.717) is 17.1 Å². The number of ketones is 1. The zero-order valence-corrected chi connectivity index (χ0v) is 18.8. The summed E-state index contributed by atoms with van der Waals surface area (Å²) < 4.78 is 10.7. The van der Waals surface area contributed by atoms with E-state index >= 15 is 0 Å². The van der Waals surface area contributed by atoms with Crippen LogP contribution in [0.2, 0.25) is 0 Å². The largest absolute Gasteiger partial charge is 0.466 e. The molecule has 2 aliphatic heterocycles. The molecule has 2 aliphatic rings. The van der Waals surface area contributed by atoms with Crippen molar-refractivity contribution in [3.8, 4) is 18.2 Å². The van der Waals surface area contributed by atoms with Crippen molar-refractivity contribution in [3.63, 3.8) is 0 Å². The normalized spacial score (nSPS) is 18.8. The lowest BCUT2D eigenvalue weighted by molar-refractivity contribution is -0.136. The number of rotatable bonds is 4. The van der Waals surface area contributed by atoms with E-state index in [1.807, 2.05) is 6.07 Å². The van der Waals surface area contributed by atoms with Gasteiger partial charge in [-0.1, -0.05) is 0 Å². The van der Waals surface area contributed by atoms with Crippen molar-refractivity contribution in [2.75, 3.05) is 7.11 Å². The molecule has 9 heteroatoms. The number of hydrogen-bond acceptors (Lipinski definition) is 9. The molecule has 0 aliphatic carbocycles. The van der Waals surface area contributed by atoms with Crippen LogP contribution in [0, 0.1) is 39.9 Å². The Kier molecular flexibility index (Phi) is 6.24. The number of esters is 1. The van der Waals surface area contributed by atoms with Crippen molar-refractivity contribution in [1.29, 1.82) is 15.8 Å². The second-order valence-electron chi connectivity index (χ2n) is 7.64. The van der Waals surface area contributed by atoms with Crippen LogP contribution in [0.25, 0.3) is 0 Å². The molecule has 0 aromatic carbocycles. The molecule has 0 fully saturated rings. The van der Waals surface area contributed by atoms with Crippen molar-refractivity contribution in [3.05, 3.63) is 68.7 Å². The lowest BCUT2D eigenvalue weighted by Gasteiger charge is -2.35. The topological polar surface area (TPSA) is 152 Å². The molecule has 0 amide bonds. The number of nitrogens with one attached hydrogen (secondary N) is 2. The summed E-state index contributed by atoms with van der Waals surface area (Å²) in [4.78, 5) is 25.8. The van der Waals surface area contributed by atoms with Gasteiger partial charge in [0.05, 0.1) is 47.8 Å². The van der Waals surface area contributed by atoms with Gasteiger partial charge in [-0.15, -0.1) is 0 Å². The van der Waals surface area contributed by atoms with Crippen molar-refractivity contribution in [2.24, 2.45) is 5.92 Å². The number of nitrogens with zero attached hydrogens (tertiary/aromatic N) is 3. The van der Waals surface area contributed by atoms with Gasteiger partial charge in [0.15, 0.2) is 5.78 Å². The van der Waals surface area contributed by atoms with Crippen LogP contribution in [0.15, 0.2) is 61.6 Å². The van der Waals surface area contributed by atoms with Gasteiger partial charge in [-0.05, 0) is 39.8 Å². The van der Waals surface area contributed by atoms with Gasteiger partial charge < -0.3 is 19.8 Å². The van der Waals surface area contributed by atoms with E-state index in [2.05, 4.69) is 22.8 Å². The zero-order valence-electron chi connectivity index (χ0n) is 18.8. The van der Waals surface area contributed by atoms with Crippen molar-refractivity contribution < 1.29 is 18.7 Å². The molecular weight excluding hydrogens is 422 g/mol. The first-order valence-electron chi connectivity index (χ1n) is 9.99. The maximum absolute atomic E-state index is 13.1. The Morgan fingerprint density at radius 1 is 0.909 bits per heavy atom. The third kappa shape index (κ3) is 3.79. The van der Waals surface area contributed by atoms with Gasteiger partial charge >= 0.3 is 5.97 Å². The molecule has 1 aromatic heterocycles. The van der Waals surface area contributed by atoms with Gasteiger partial charge in [-0.25, -0.2) is 4.79 Å². The molecule has 0 radical (unpaired) electrons. The quantitative estimate of drug-likeness (QED) is 0.669. The molecule has 3 heterocycles. The maximum atomic E-state index is 13.1. The highest BCUT2D eigenvalue weighted by molar-refractivity contribution is 6.02. The molecule has 1 aromatic rings. The molecule has 166 valence electrons. The minimum atomic E-state index is -0.997. The fraction of sp³-hybridized carbons (Fsp3) is 0.292. The second-order valence-corrected chi connectivity index (χ2v) is 7.64. The molecule has 2 N–H and O–H groups in total. The number of hydrogen-bond donors (Lipinski definition) is 2. The van der Waals surface area contributed by atoms with Gasteiger partial charge in [0, 0.05) is 28.4 Å². The van der Waals surface area contributed by atoms with Crippen LogP contribution in [0.1, 0.15) is 45.1 Å². The van der Waals surface area contributed by atoms with Crippen molar-refractivity contribution in [1.82, 2.24) is 10.6 Å². The average Bonchev–Trinajstić information content (AvgIpc) is 3.26. The average molecular weight is 443 g/mol. The van der Waals surface area contributed by atoms with E-state index in [0.717, 1.165) is 0 Å². The van der Waals surface area contributed by atoms with Crippen LogP contribution in [-0.2, 0) is 14.3 Å². The van der Waals surface area contributed by atoms with E-state index in [9.17, 15) is 25.4 Å². The molecule has 3 rings (SSSR count). The summed E-state index contributed by atoms with van der Waals surface area (Å²) in [5.74, 6) is -2.76. The summed E-state index contributed by atoms with van der Waals surface area (Å²) in [6.07, 6.45) is 0. The van der Waals surface area contributed by atoms with Crippen LogP contribution in [0.5, 0.6) is 0 Å². The highest BCUT2D eigenvalue weighted by Gasteiger charge is 2.43. The summed E-state index contributed by atoms with van der Waals surface area (Å²) in [5, 5.41) is 35.2. The predicted octanol–water partition coefficient (Wildman–Crippen LogP) is 2.94. The number of furan rings is 1. The third-order valence-corrected chi connectivity index (χ3v) is 5.69. The molecule has 9 nitrogen and oxygen atoms in total. The van der Waals surface area contributed by atoms with Crippen molar-refractivity contribution >= 4 is 11.8 Å². The van der Waals surface area contributed by atoms with Gasteiger partial charge in [-0.2, -0.15) is 15.8 Å². The van der Waals surface area contributed by atoms with E-state index in [-0.39, 0.29) is 45.3 Å². The Hall–Kier alpha value is -4.55. The number of allylic oxidation sites excluding steroid dienone is 5. The van der Waals surface area contributed by atoms with Gasteiger partial charge in [0.2, 0.25) is 5.76 Å². The second kappa shape index (κ2) is 8.90. The summed E-state index contributed by atoms with van der Waals surface area (Å²) in [5.41, 5.74) is 2.54. The first-order valence-corrected chi connectivity index (χ1v) is 9.99. The van der Waals surface area contributed by atoms with Crippen LogP contribution < -0.4 is 10.6 Å². The molecule has 0 spiro atoms. The number of Topliss-reactive ketones (excluding diaryl/α,β-unsaturated/α-hetero) is 1. The SMILES string of the molecule is COC(=O)C1=C(C2C(C#N)=C(C)NC(C)=C2C#N)NC(C)=C(C(C)=O)C1c1ccc(C#N)o1. The molecule has 33 heavy (non-hydrogen) atoms. The third-order valence-electron chi connectivity index (χ3n) is 5.69. The number of dihydropyridines is 2. The standard InChI is InChI=1S/C24H21N5O4/c1-11-16(9-26)20(17(10-27)12(2)28-11)23-22(24(31)32-5)21(18-7-6-15(8-25)33-18)19(14(4)30)13(3)29-23/h6-7,20-21,28-29H,1-5H3. The zero-order chi connectivity index (χ0) is 24.4. The van der Waals surface area contributed by atoms with Gasteiger partial charge in [-0.3, -0.25) is 4.79 Å². The molecule has 0 saturated carbocycles. The molecular formula is C24H21N5O4. The smallest absolute Gasteiger partial charge is 0.336 e. The number of ether oxygens (including phenoxy) is 1. The Morgan fingerprint density at radius 3 is 1.97 bits per heavy atom. The number of carbonyl (C=O) groups is 2. The fourth-order valence-electron chi connectivity index (χ4n) is 4.32. The fourth-order valence-corrected chi connectivity index (χ4v) is 4.32. The Labute approximate surface area is 190 Å². The van der Waals surface area contributed by atoms with Gasteiger partial charge in [0.1, 0.15) is 11.8 Å². The van der Waals surface area contributed by atoms with Gasteiger partial charge in [0.25, 0.3) is 0 Å². The van der Waals surface area contributed by atoms with Crippen LogP contribution in [0.3, 0.4) is 0 Å². The summed E-state index contributed by atoms with van der Waals surface area (Å²) in [6, 6.07) is 9.13. The highest BCUT2D eigenvalue weighted by Crippen LogP contribution is 2.45. The number of nitriles is 3. The summed E-state index contributed by atoms with van der Waals surface area (Å²) >= 11 is 0. The first kappa shape index (κ1) is 23.1. The summed E-state index contributed by atoms with van der Waals surface area (Å²) in [6.45, 7) is 6.44. The Morgan fingerprint density at radius 2 is 1.52 bits per heavy atom. The first-order chi connectivity index (χ1) is 15.7. The number of carbonyl (C=O) groups excluding carboxylic acids is 2. The Balaban J connectivity index is 2.42. The minimum absolute atomic E-state index is 0.0126. The van der Waals surface area contributed by atoms with E-state index < -0.39 is 17.8 Å². The van der Waals surface area contributed by atoms with Crippen molar-refractivity contribution in [2.45, 2.75) is 33.6 Å². The van der Waals surface area contributed by atoms with E-state index in [4.69, 9.17) is 9.15 Å². The maximum Gasteiger partial charge on any atom is 0.336 e. The van der Waals surface area contributed by atoms with Crippen LogP contribution in [0.4, 0.5) is 0 Å². The summed E-state index contributed by atoms with van der Waals surface area (Å²) in [7, 11) is 1.20. The lowest BCUT2D eigenvalue weighted by Crippen LogP contribution is -2.37. The molecule has 1 atom stereocenters. The van der Waals surface area contributed by atoms with E-state index in [1.165, 1.54) is 26.2 Å². The van der Waals surface area contributed by atoms with Crippen LogP contribution >= 0.6 is 0 Å². The van der Waals surface area contributed by atoms with E-state index in [1.54, 1.807) is 20.8 Å². The lowest BCUT2D eigenvalue weighted by atomic mass is 9.75. The Bertz CT molecular complexity index is 1280. The molecule has 0 bridgehead atoms. The minimum Gasteiger partial charge on any atom is -0.466 e. The molecule has 0 saturated heterocycles. The monoisotopic (exact) mass is 443 g/mol. The highest BCUT2D eigenvalue weighted by atomic mass is 16.5. The van der Waals surface area contributed by atoms with Crippen LogP contribution in [-0.4, -0.2) is 18.9 Å².